The predicted molar refractivity (Wildman–Crippen MR) is 155 cm³/mol. The van der Waals surface area contributed by atoms with Crippen LogP contribution >= 0.6 is 0 Å². The van der Waals surface area contributed by atoms with Crippen molar-refractivity contribution in [1.29, 1.82) is 0 Å². The summed E-state index contributed by atoms with van der Waals surface area (Å²) in [4.78, 5) is 44.2. The third-order valence-corrected chi connectivity index (χ3v) is 10.4. The predicted octanol–water partition coefficient (Wildman–Crippen LogP) is 5.32. The Morgan fingerprint density at radius 1 is 0.950 bits per heavy atom. The first-order chi connectivity index (χ1) is 19.3. The van der Waals surface area contributed by atoms with E-state index >= 15 is 0 Å². The minimum atomic E-state index is -1.10. The fraction of sp³-hybridized carbons (Fsp3) is 0.667. The molecule has 40 heavy (non-hydrogen) atoms. The van der Waals surface area contributed by atoms with E-state index in [1.54, 1.807) is 0 Å². The van der Waals surface area contributed by atoms with Crippen LogP contribution in [-0.4, -0.2) is 52.5 Å². The number of hydrogen-bond acceptors (Lipinski definition) is 4. The zero-order valence-corrected chi connectivity index (χ0v) is 24.2. The Balaban J connectivity index is 1.30. The van der Waals surface area contributed by atoms with E-state index in [1.165, 1.54) is 12.0 Å². The van der Waals surface area contributed by atoms with E-state index in [0.29, 0.717) is 17.5 Å². The van der Waals surface area contributed by atoms with Crippen molar-refractivity contribution in [3.05, 3.63) is 42.0 Å². The minimum Gasteiger partial charge on any atom is -0.359 e. The van der Waals surface area contributed by atoms with Crippen molar-refractivity contribution in [3.8, 4) is 0 Å². The Morgan fingerprint density at radius 2 is 1.62 bits per heavy atom. The van der Waals surface area contributed by atoms with Gasteiger partial charge in [-0.3, -0.25) is 14.4 Å². The Bertz CT molecular complexity index is 1150. The van der Waals surface area contributed by atoms with E-state index in [1.807, 2.05) is 41.3 Å². The topological polar surface area (TPSA) is 87.7 Å². The number of carbonyl (C=O) groups is 3. The van der Waals surface area contributed by atoms with Crippen molar-refractivity contribution >= 4 is 23.4 Å². The van der Waals surface area contributed by atoms with Crippen LogP contribution in [0, 0.1) is 17.8 Å². The molecule has 5 unspecified atom stereocenters. The second-order valence-corrected chi connectivity index (χ2v) is 13.2. The second-order valence-electron chi connectivity index (χ2n) is 13.2. The van der Waals surface area contributed by atoms with Crippen molar-refractivity contribution in [3.63, 3.8) is 0 Å². The van der Waals surface area contributed by atoms with Crippen molar-refractivity contribution in [2.24, 2.45) is 17.8 Å². The van der Waals surface area contributed by atoms with Gasteiger partial charge < -0.3 is 20.3 Å². The number of fused-ring (bicyclic) bond motifs is 1. The van der Waals surface area contributed by atoms with E-state index in [4.69, 9.17) is 4.74 Å². The van der Waals surface area contributed by atoms with E-state index in [9.17, 15) is 14.4 Å². The molecule has 1 spiro atoms. The summed E-state index contributed by atoms with van der Waals surface area (Å²) in [5.41, 5.74) is 0.815. The van der Waals surface area contributed by atoms with Gasteiger partial charge >= 0.3 is 0 Å². The molecule has 7 nitrogen and oxygen atoms in total. The van der Waals surface area contributed by atoms with Gasteiger partial charge in [0.2, 0.25) is 17.7 Å². The molecule has 2 bridgehead atoms. The standard InChI is InChI=1S/C33H45N3O4/c1-20(2)22-14-16-23(17-15-22)34-30(37)27-26-18-19-33(40-26)28(27)32(39)36(24-11-6-4-5-7-12-24)29(33)31(38)35-25-13-9-8-10-21(25)3/h14-21,24-29H,4-13H2,1-3H3,(H,34,37)(H,35,38)/t21?,25?,26-,27?,28-,29?,33?/m0/s1. The number of likely N-dealkylation sites (tertiary alicyclic amines) is 1. The molecule has 5 aliphatic rings. The summed E-state index contributed by atoms with van der Waals surface area (Å²) in [6, 6.07) is 7.26. The molecular weight excluding hydrogens is 502 g/mol. The summed E-state index contributed by atoms with van der Waals surface area (Å²) in [5.74, 6) is -0.969. The molecule has 3 heterocycles. The summed E-state index contributed by atoms with van der Waals surface area (Å²) < 4.78 is 6.58. The highest BCUT2D eigenvalue weighted by molar-refractivity contribution is 6.03. The Hall–Kier alpha value is -2.67. The number of nitrogens with zero attached hydrogens (tertiary/aromatic N) is 1. The van der Waals surface area contributed by atoms with Gasteiger partial charge in [0.15, 0.2) is 0 Å². The normalized spacial score (nSPS) is 35.6. The number of amides is 3. The SMILES string of the molecule is CC(C)c1ccc(NC(=O)C2[C@@H]3C=CC4(O3)C(C(=O)NC3CCCCC3C)N(C3CCCCCC3)C(=O)[C@H]24)cc1. The van der Waals surface area contributed by atoms with Crippen LogP contribution in [0.5, 0.6) is 0 Å². The van der Waals surface area contributed by atoms with Gasteiger partial charge in [-0.2, -0.15) is 0 Å². The number of carbonyl (C=O) groups excluding carboxylic acids is 3. The lowest BCUT2D eigenvalue weighted by atomic mass is 9.74. The van der Waals surface area contributed by atoms with Crippen molar-refractivity contribution in [2.45, 2.75) is 121 Å². The van der Waals surface area contributed by atoms with Crippen LogP contribution < -0.4 is 10.6 Å². The van der Waals surface area contributed by atoms with E-state index in [2.05, 4.69) is 31.4 Å². The van der Waals surface area contributed by atoms with Crippen molar-refractivity contribution < 1.29 is 19.1 Å². The molecule has 0 radical (unpaired) electrons. The molecule has 1 aromatic carbocycles. The lowest BCUT2D eigenvalue weighted by Gasteiger charge is -2.38. The molecule has 216 valence electrons. The number of hydrogen-bond donors (Lipinski definition) is 2. The van der Waals surface area contributed by atoms with Crippen LogP contribution in [0.25, 0.3) is 0 Å². The van der Waals surface area contributed by atoms with Gasteiger partial charge in [0, 0.05) is 17.8 Å². The average molecular weight is 548 g/mol. The zero-order valence-electron chi connectivity index (χ0n) is 24.2. The Labute approximate surface area is 238 Å². The quantitative estimate of drug-likeness (QED) is 0.373. The van der Waals surface area contributed by atoms with Gasteiger partial charge in [-0.05, 0) is 55.2 Å². The summed E-state index contributed by atoms with van der Waals surface area (Å²) in [7, 11) is 0. The molecule has 2 N–H and O–H groups in total. The molecule has 2 saturated carbocycles. The number of rotatable bonds is 6. The van der Waals surface area contributed by atoms with Crippen LogP contribution in [0.2, 0.25) is 0 Å². The van der Waals surface area contributed by atoms with Crippen LogP contribution in [0.15, 0.2) is 36.4 Å². The molecule has 2 aliphatic carbocycles. The minimum absolute atomic E-state index is 0.00200. The number of benzene rings is 1. The molecule has 6 rings (SSSR count). The Kier molecular flexibility index (Phi) is 7.53. The van der Waals surface area contributed by atoms with Gasteiger partial charge in [-0.25, -0.2) is 0 Å². The largest absolute Gasteiger partial charge is 0.359 e. The lowest BCUT2D eigenvalue weighted by Crippen LogP contribution is -2.59. The monoisotopic (exact) mass is 547 g/mol. The Morgan fingerprint density at radius 3 is 2.30 bits per heavy atom. The van der Waals surface area contributed by atoms with E-state index < -0.39 is 29.6 Å². The maximum absolute atomic E-state index is 14.4. The third-order valence-electron chi connectivity index (χ3n) is 10.4. The van der Waals surface area contributed by atoms with Gasteiger partial charge in [-0.1, -0.05) is 83.6 Å². The first-order valence-corrected chi connectivity index (χ1v) is 15.7. The fourth-order valence-electron chi connectivity index (χ4n) is 8.11. The average Bonchev–Trinajstić information content (AvgIpc) is 3.49. The molecule has 3 aliphatic heterocycles. The smallest absolute Gasteiger partial charge is 0.246 e. The number of ether oxygens (including phenoxy) is 1. The zero-order chi connectivity index (χ0) is 28.0. The fourth-order valence-corrected chi connectivity index (χ4v) is 8.11. The summed E-state index contributed by atoms with van der Waals surface area (Å²) >= 11 is 0. The van der Waals surface area contributed by atoms with Crippen molar-refractivity contribution in [2.75, 3.05) is 5.32 Å². The highest BCUT2D eigenvalue weighted by Gasteiger charge is 2.73. The maximum atomic E-state index is 14.4. The van der Waals surface area contributed by atoms with Crippen LogP contribution in [0.1, 0.15) is 96.5 Å². The maximum Gasteiger partial charge on any atom is 0.246 e. The highest BCUT2D eigenvalue weighted by Crippen LogP contribution is 2.56. The number of nitrogens with one attached hydrogen (secondary N) is 2. The molecule has 3 amide bonds. The summed E-state index contributed by atoms with van der Waals surface area (Å²) in [6.07, 6.45) is 13.9. The van der Waals surface area contributed by atoms with Crippen molar-refractivity contribution in [1.82, 2.24) is 10.2 Å². The third kappa shape index (κ3) is 4.68. The summed E-state index contributed by atoms with van der Waals surface area (Å²) in [5, 5.41) is 6.42. The first kappa shape index (κ1) is 27.5. The molecule has 4 fully saturated rings. The molecule has 2 saturated heterocycles. The second kappa shape index (κ2) is 11.0. The van der Waals surface area contributed by atoms with Crippen LogP contribution in [0.4, 0.5) is 5.69 Å². The molecule has 1 aromatic rings. The van der Waals surface area contributed by atoms with Gasteiger partial charge in [0.1, 0.15) is 11.6 Å². The molecule has 7 atom stereocenters. The van der Waals surface area contributed by atoms with Crippen LogP contribution in [-0.2, 0) is 19.1 Å². The highest BCUT2D eigenvalue weighted by atomic mass is 16.5. The van der Waals surface area contributed by atoms with Gasteiger partial charge in [0.05, 0.1) is 17.9 Å². The van der Waals surface area contributed by atoms with E-state index in [0.717, 1.165) is 57.8 Å². The van der Waals surface area contributed by atoms with Gasteiger partial charge in [0.25, 0.3) is 0 Å². The molecule has 7 heteroatoms. The first-order valence-electron chi connectivity index (χ1n) is 15.7. The van der Waals surface area contributed by atoms with Crippen LogP contribution in [0.3, 0.4) is 0 Å². The molecule has 0 aromatic heterocycles. The van der Waals surface area contributed by atoms with Gasteiger partial charge in [-0.15, -0.1) is 0 Å². The molecular formula is C33H45N3O4. The number of anilines is 1. The van der Waals surface area contributed by atoms with E-state index in [-0.39, 0.29) is 29.8 Å². The lowest BCUT2D eigenvalue weighted by molar-refractivity contribution is -0.144. The summed E-state index contributed by atoms with van der Waals surface area (Å²) in [6.45, 7) is 6.48.